The van der Waals surface area contributed by atoms with Gasteiger partial charge < -0.3 is 5.73 Å². The molecular weight excluding hydrogens is 319 g/mol. The summed E-state index contributed by atoms with van der Waals surface area (Å²) < 4.78 is 37.1. The van der Waals surface area contributed by atoms with Crippen LogP contribution < -0.4 is 5.73 Å². The van der Waals surface area contributed by atoms with Crippen molar-refractivity contribution >= 4 is 15.7 Å². The third-order valence-electron chi connectivity index (χ3n) is 4.21. The van der Waals surface area contributed by atoms with E-state index in [4.69, 9.17) is 5.73 Å². The van der Waals surface area contributed by atoms with Gasteiger partial charge in [-0.15, -0.1) is 0 Å². The molecule has 1 aromatic carbocycles. The van der Waals surface area contributed by atoms with Crippen LogP contribution in [-0.4, -0.2) is 49.9 Å². The van der Waals surface area contributed by atoms with Gasteiger partial charge >= 0.3 is 0 Å². The van der Waals surface area contributed by atoms with E-state index in [1.807, 2.05) is 6.07 Å². The lowest BCUT2D eigenvalue weighted by molar-refractivity contribution is -0.117. The van der Waals surface area contributed by atoms with Gasteiger partial charge in [0.1, 0.15) is 5.82 Å². The smallest absolute Gasteiger partial charge is 0.218 e. The molecule has 1 atom stereocenters. The first-order valence-corrected chi connectivity index (χ1v) is 9.65. The number of carbonyl (C=O) groups excluding carboxylic acids is 1. The topological polar surface area (TPSA) is 80.5 Å². The number of likely N-dealkylation sites (tertiary alicyclic amines) is 1. The highest BCUT2D eigenvalue weighted by Gasteiger charge is 2.26. The maximum atomic E-state index is 13.3. The Labute approximate surface area is 136 Å². The number of amides is 1. The van der Waals surface area contributed by atoms with Crippen molar-refractivity contribution in [1.82, 2.24) is 4.90 Å². The highest BCUT2D eigenvalue weighted by atomic mass is 32.2. The Morgan fingerprint density at radius 1 is 1.35 bits per heavy atom. The molecule has 5 nitrogen and oxygen atoms in total. The minimum absolute atomic E-state index is 0.0277. The standard InChI is InChI=1S/C16H23FN2O3S/c17-14-4-1-3-13(11-14)12-15-5-2-7-19(15)8-10-23(21,22)9-6-16(18)20/h1,3-4,11,15H,2,5-10,12H2,(H2,18,20)/t15-/m1/s1. The Kier molecular flexibility index (Phi) is 6.12. The monoisotopic (exact) mass is 342 g/mol. The molecule has 0 saturated carbocycles. The van der Waals surface area contributed by atoms with E-state index in [2.05, 4.69) is 4.90 Å². The summed E-state index contributed by atoms with van der Waals surface area (Å²) in [5.41, 5.74) is 5.92. The van der Waals surface area contributed by atoms with E-state index >= 15 is 0 Å². The van der Waals surface area contributed by atoms with Crippen molar-refractivity contribution in [3.8, 4) is 0 Å². The molecule has 7 heteroatoms. The average Bonchev–Trinajstić information content (AvgIpc) is 2.91. The minimum atomic E-state index is -3.27. The van der Waals surface area contributed by atoms with Crippen molar-refractivity contribution in [3.05, 3.63) is 35.6 Å². The first-order chi connectivity index (χ1) is 10.9. The number of halogens is 1. The Bertz CT molecular complexity index is 648. The number of rotatable bonds is 8. The summed E-state index contributed by atoms with van der Waals surface area (Å²) in [5, 5.41) is 0. The van der Waals surface area contributed by atoms with Crippen LogP contribution in [0.1, 0.15) is 24.8 Å². The van der Waals surface area contributed by atoms with Crippen LogP contribution in [0.4, 0.5) is 4.39 Å². The SMILES string of the molecule is NC(=O)CCS(=O)(=O)CCN1CCC[C@@H]1Cc1cccc(F)c1. The van der Waals surface area contributed by atoms with Gasteiger partial charge in [0.2, 0.25) is 5.91 Å². The molecule has 1 aliphatic heterocycles. The molecule has 1 heterocycles. The second-order valence-corrected chi connectivity index (χ2v) is 8.34. The second-order valence-electron chi connectivity index (χ2n) is 6.03. The summed E-state index contributed by atoms with van der Waals surface area (Å²) >= 11 is 0. The van der Waals surface area contributed by atoms with Gasteiger partial charge in [-0.25, -0.2) is 12.8 Å². The molecule has 0 spiro atoms. The van der Waals surface area contributed by atoms with Gasteiger partial charge in [-0.1, -0.05) is 12.1 Å². The molecular formula is C16H23FN2O3S. The lowest BCUT2D eigenvalue weighted by Gasteiger charge is -2.24. The normalized spacial score (nSPS) is 19.1. The summed E-state index contributed by atoms with van der Waals surface area (Å²) in [6.07, 6.45) is 2.59. The summed E-state index contributed by atoms with van der Waals surface area (Å²) in [6.45, 7) is 1.30. The van der Waals surface area contributed by atoms with Crippen LogP contribution >= 0.6 is 0 Å². The Balaban J connectivity index is 1.88. The van der Waals surface area contributed by atoms with Crippen LogP contribution in [0.15, 0.2) is 24.3 Å². The van der Waals surface area contributed by atoms with E-state index in [1.165, 1.54) is 12.1 Å². The van der Waals surface area contributed by atoms with E-state index in [0.29, 0.717) is 6.54 Å². The van der Waals surface area contributed by atoms with Gasteiger partial charge in [0.05, 0.1) is 11.5 Å². The van der Waals surface area contributed by atoms with E-state index in [9.17, 15) is 17.6 Å². The fourth-order valence-corrected chi connectivity index (χ4v) is 4.20. The van der Waals surface area contributed by atoms with Gasteiger partial charge in [-0.05, 0) is 43.5 Å². The number of nitrogens with zero attached hydrogens (tertiary/aromatic N) is 1. The molecule has 2 rings (SSSR count). The van der Waals surface area contributed by atoms with Crippen LogP contribution in [0.2, 0.25) is 0 Å². The third kappa shape index (κ3) is 5.91. The molecule has 1 fully saturated rings. The molecule has 2 N–H and O–H groups in total. The van der Waals surface area contributed by atoms with Crippen LogP contribution in [0.25, 0.3) is 0 Å². The van der Waals surface area contributed by atoms with E-state index in [-0.39, 0.29) is 29.8 Å². The maximum Gasteiger partial charge on any atom is 0.218 e. The van der Waals surface area contributed by atoms with Crippen molar-refractivity contribution in [2.45, 2.75) is 31.7 Å². The Morgan fingerprint density at radius 3 is 2.83 bits per heavy atom. The molecule has 1 saturated heterocycles. The number of nitrogens with two attached hydrogens (primary N) is 1. The summed E-state index contributed by atoms with van der Waals surface area (Å²) in [4.78, 5) is 12.9. The van der Waals surface area contributed by atoms with E-state index in [0.717, 1.165) is 31.4 Å². The van der Waals surface area contributed by atoms with Crippen molar-refractivity contribution in [1.29, 1.82) is 0 Å². The number of hydrogen-bond acceptors (Lipinski definition) is 4. The second kappa shape index (κ2) is 7.88. The van der Waals surface area contributed by atoms with Crippen molar-refractivity contribution in [2.75, 3.05) is 24.6 Å². The van der Waals surface area contributed by atoms with Crippen LogP contribution in [0, 0.1) is 5.82 Å². The summed E-state index contributed by atoms with van der Waals surface area (Å²) in [7, 11) is -3.27. The molecule has 128 valence electrons. The Hall–Kier alpha value is -1.47. The van der Waals surface area contributed by atoms with Crippen LogP contribution in [0.5, 0.6) is 0 Å². The van der Waals surface area contributed by atoms with E-state index < -0.39 is 15.7 Å². The van der Waals surface area contributed by atoms with Crippen LogP contribution in [-0.2, 0) is 21.1 Å². The number of primary amides is 1. The first kappa shape index (κ1) is 17.9. The van der Waals surface area contributed by atoms with Gasteiger partial charge in [0, 0.05) is 19.0 Å². The third-order valence-corrected chi connectivity index (χ3v) is 5.84. The molecule has 0 aliphatic carbocycles. The quantitative estimate of drug-likeness (QED) is 0.768. The lowest BCUT2D eigenvalue weighted by atomic mass is 10.0. The predicted octanol–water partition coefficient (Wildman–Crippen LogP) is 1.12. The zero-order chi connectivity index (χ0) is 16.9. The number of carbonyl (C=O) groups is 1. The zero-order valence-corrected chi connectivity index (χ0v) is 13.9. The number of hydrogen-bond donors (Lipinski definition) is 1. The van der Waals surface area contributed by atoms with Crippen molar-refractivity contribution in [3.63, 3.8) is 0 Å². The maximum absolute atomic E-state index is 13.3. The van der Waals surface area contributed by atoms with Gasteiger partial charge in [0.15, 0.2) is 9.84 Å². The van der Waals surface area contributed by atoms with Gasteiger partial charge in [0.25, 0.3) is 0 Å². The summed E-state index contributed by atoms with van der Waals surface area (Å²) in [6, 6.07) is 6.77. The number of benzene rings is 1. The molecule has 0 unspecified atom stereocenters. The molecule has 1 aromatic rings. The average molecular weight is 342 g/mol. The van der Waals surface area contributed by atoms with Gasteiger partial charge in [-0.2, -0.15) is 0 Å². The van der Waals surface area contributed by atoms with Gasteiger partial charge in [-0.3, -0.25) is 9.69 Å². The molecule has 23 heavy (non-hydrogen) atoms. The zero-order valence-electron chi connectivity index (χ0n) is 13.1. The number of sulfone groups is 1. The lowest BCUT2D eigenvalue weighted by Crippen LogP contribution is -2.35. The van der Waals surface area contributed by atoms with Crippen molar-refractivity contribution < 1.29 is 17.6 Å². The molecule has 0 bridgehead atoms. The largest absolute Gasteiger partial charge is 0.370 e. The Morgan fingerprint density at radius 2 is 2.13 bits per heavy atom. The molecule has 0 radical (unpaired) electrons. The van der Waals surface area contributed by atoms with E-state index in [1.54, 1.807) is 6.07 Å². The summed E-state index contributed by atoms with van der Waals surface area (Å²) in [5.74, 6) is -1.01. The molecule has 0 aromatic heterocycles. The predicted molar refractivity (Wildman–Crippen MR) is 87.2 cm³/mol. The minimum Gasteiger partial charge on any atom is -0.370 e. The van der Waals surface area contributed by atoms with Crippen LogP contribution in [0.3, 0.4) is 0 Å². The highest BCUT2D eigenvalue weighted by molar-refractivity contribution is 7.91. The molecule has 1 aliphatic rings. The first-order valence-electron chi connectivity index (χ1n) is 7.83. The molecule has 1 amide bonds. The fraction of sp³-hybridized carbons (Fsp3) is 0.562. The van der Waals surface area contributed by atoms with Crippen molar-refractivity contribution in [2.24, 2.45) is 5.73 Å². The fourth-order valence-electron chi connectivity index (χ4n) is 2.97. The highest BCUT2D eigenvalue weighted by Crippen LogP contribution is 2.21.